The highest BCUT2D eigenvalue weighted by molar-refractivity contribution is 5.51. The quantitative estimate of drug-likeness (QED) is 0.910. The summed E-state index contributed by atoms with van der Waals surface area (Å²) in [4.78, 5) is 2.29. The number of hydrogen-bond acceptors (Lipinski definition) is 3. The number of rotatable bonds is 3. The number of anilines is 1. The maximum atomic E-state index is 13.9. The molecule has 1 aliphatic heterocycles. The molecule has 0 bridgehead atoms. The van der Waals surface area contributed by atoms with Crippen molar-refractivity contribution in [3.63, 3.8) is 0 Å². The fraction of sp³-hybridized carbons (Fsp3) is 0.600. The molecule has 19 heavy (non-hydrogen) atoms. The van der Waals surface area contributed by atoms with E-state index in [0.29, 0.717) is 11.8 Å². The minimum Gasteiger partial charge on any atom is -0.494 e. The van der Waals surface area contributed by atoms with Crippen LogP contribution in [0.15, 0.2) is 18.2 Å². The van der Waals surface area contributed by atoms with Crippen molar-refractivity contribution in [2.75, 3.05) is 25.1 Å². The number of benzene rings is 1. The molecule has 3 nitrogen and oxygen atoms in total. The maximum Gasteiger partial charge on any atom is 0.167 e. The first-order valence-electron chi connectivity index (χ1n) is 6.82. The van der Waals surface area contributed by atoms with Crippen LogP contribution in [-0.2, 0) is 0 Å². The number of piperazine rings is 1. The third kappa shape index (κ3) is 3.00. The molecule has 0 spiro atoms. The Morgan fingerprint density at radius 1 is 1.47 bits per heavy atom. The molecule has 1 aliphatic rings. The number of hydrogen-bond donors (Lipinski definition) is 1. The van der Waals surface area contributed by atoms with E-state index in [0.717, 1.165) is 25.2 Å². The summed E-state index contributed by atoms with van der Waals surface area (Å²) in [6.45, 7) is 8.31. The third-order valence-electron chi connectivity index (χ3n) is 3.76. The van der Waals surface area contributed by atoms with Crippen molar-refractivity contribution in [3.05, 3.63) is 24.0 Å². The Labute approximate surface area is 114 Å². The maximum absolute atomic E-state index is 13.9. The molecular formula is C15H23FN2O. The van der Waals surface area contributed by atoms with Gasteiger partial charge in [-0.3, -0.25) is 0 Å². The smallest absolute Gasteiger partial charge is 0.167 e. The van der Waals surface area contributed by atoms with Crippen LogP contribution < -0.4 is 15.0 Å². The molecule has 0 aliphatic carbocycles. The molecule has 4 heteroatoms. The third-order valence-corrected chi connectivity index (χ3v) is 3.76. The summed E-state index contributed by atoms with van der Waals surface area (Å²) in [6.07, 6.45) is 1.04. The minimum absolute atomic E-state index is 0.0437. The second-order valence-corrected chi connectivity index (χ2v) is 5.77. The van der Waals surface area contributed by atoms with Gasteiger partial charge in [-0.2, -0.15) is 0 Å². The Kier molecular flexibility index (Phi) is 3.99. The fourth-order valence-electron chi connectivity index (χ4n) is 2.62. The molecular weight excluding hydrogens is 243 g/mol. The lowest BCUT2D eigenvalue weighted by Crippen LogP contribution is -2.61. The van der Waals surface area contributed by atoms with Crippen LogP contribution >= 0.6 is 0 Å². The van der Waals surface area contributed by atoms with Gasteiger partial charge >= 0.3 is 0 Å². The highest BCUT2D eigenvalue weighted by atomic mass is 19.1. The van der Waals surface area contributed by atoms with Crippen LogP contribution in [0, 0.1) is 5.82 Å². The van der Waals surface area contributed by atoms with Gasteiger partial charge in [0, 0.05) is 36.4 Å². The first kappa shape index (κ1) is 14.1. The van der Waals surface area contributed by atoms with Gasteiger partial charge in [0.1, 0.15) is 0 Å². The van der Waals surface area contributed by atoms with Gasteiger partial charge in [0.05, 0.1) is 7.11 Å². The van der Waals surface area contributed by atoms with Gasteiger partial charge in [0.2, 0.25) is 0 Å². The van der Waals surface area contributed by atoms with E-state index in [1.807, 2.05) is 6.07 Å². The average Bonchev–Trinajstić information content (AvgIpc) is 2.37. The molecule has 2 rings (SSSR count). The summed E-state index contributed by atoms with van der Waals surface area (Å²) in [5, 5.41) is 3.54. The van der Waals surface area contributed by atoms with Crippen LogP contribution in [0.2, 0.25) is 0 Å². The van der Waals surface area contributed by atoms with Crippen molar-refractivity contribution in [1.29, 1.82) is 0 Å². The first-order chi connectivity index (χ1) is 8.96. The SMILES string of the molecule is CCC1CNC(C)(C)CN1c1ccc(OC)c(F)c1. The van der Waals surface area contributed by atoms with E-state index in [-0.39, 0.29) is 11.4 Å². The largest absolute Gasteiger partial charge is 0.494 e. The highest BCUT2D eigenvalue weighted by Gasteiger charge is 2.31. The molecule has 0 amide bonds. The van der Waals surface area contributed by atoms with E-state index in [1.165, 1.54) is 7.11 Å². The van der Waals surface area contributed by atoms with E-state index in [9.17, 15) is 4.39 Å². The molecule has 106 valence electrons. The van der Waals surface area contributed by atoms with E-state index >= 15 is 0 Å². The summed E-state index contributed by atoms with van der Waals surface area (Å²) >= 11 is 0. The summed E-state index contributed by atoms with van der Waals surface area (Å²) in [7, 11) is 1.49. The zero-order valence-electron chi connectivity index (χ0n) is 12.2. The van der Waals surface area contributed by atoms with Crippen LogP contribution in [0.1, 0.15) is 27.2 Å². The van der Waals surface area contributed by atoms with Crippen molar-refractivity contribution < 1.29 is 9.13 Å². The summed E-state index contributed by atoms with van der Waals surface area (Å²) in [5.74, 6) is -0.00242. The van der Waals surface area contributed by atoms with E-state index in [2.05, 4.69) is 31.0 Å². The summed E-state index contributed by atoms with van der Waals surface area (Å²) in [5.41, 5.74) is 0.974. The van der Waals surface area contributed by atoms with Crippen LogP contribution in [-0.4, -0.2) is 31.8 Å². The summed E-state index contributed by atoms with van der Waals surface area (Å²) < 4.78 is 18.8. The lowest BCUT2D eigenvalue weighted by Gasteiger charge is -2.45. The van der Waals surface area contributed by atoms with Crippen molar-refractivity contribution in [2.24, 2.45) is 0 Å². The Morgan fingerprint density at radius 2 is 2.21 bits per heavy atom. The van der Waals surface area contributed by atoms with Gasteiger partial charge in [-0.1, -0.05) is 6.92 Å². The number of nitrogens with one attached hydrogen (secondary N) is 1. The Balaban J connectivity index is 2.29. The van der Waals surface area contributed by atoms with Crippen LogP contribution in [0.4, 0.5) is 10.1 Å². The molecule has 1 aromatic carbocycles. The molecule has 1 aromatic rings. The fourth-order valence-corrected chi connectivity index (χ4v) is 2.62. The molecule has 1 saturated heterocycles. The number of ether oxygens (including phenoxy) is 1. The molecule has 1 fully saturated rings. The molecule has 0 radical (unpaired) electrons. The van der Waals surface area contributed by atoms with Crippen LogP contribution in [0.25, 0.3) is 0 Å². The van der Waals surface area contributed by atoms with Crippen molar-refractivity contribution in [2.45, 2.75) is 38.8 Å². The van der Waals surface area contributed by atoms with Crippen molar-refractivity contribution >= 4 is 5.69 Å². The zero-order chi connectivity index (χ0) is 14.0. The number of methoxy groups -OCH3 is 1. The molecule has 1 N–H and O–H groups in total. The molecule has 1 atom stereocenters. The van der Waals surface area contributed by atoms with E-state index < -0.39 is 0 Å². The van der Waals surface area contributed by atoms with Crippen molar-refractivity contribution in [3.8, 4) is 5.75 Å². The monoisotopic (exact) mass is 266 g/mol. The predicted molar refractivity (Wildman–Crippen MR) is 76.5 cm³/mol. The Hall–Kier alpha value is -1.29. The van der Waals surface area contributed by atoms with Gasteiger partial charge < -0.3 is 15.0 Å². The molecule has 0 saturated carbocycles. The first-order valence-corrected chi connectivity index (χ1v) is 6.82. The van der Waals surface area contributed by atoms with Crippen LogP contribution in [0.5, 0.6) is 5.75 Å². The van der Waals surface area contributed by atoms with E-state index in [1.54, 1.807) is 12.1 Å². The Bertz CT molecular complexity index is 448. The van der Waals surface area contributed by atoms with Gasteiger partial charge in [0.15, 0.2) is 11.6 Å². The lowest BCUT2D eigenvalue weighted by molar-refractivity contribution is 0.306. The van der Waals surface area contributed by atoms with Gasteiger partial charge in [-0.15, -0.1) is 0 Å². The standard InChI is InChI=1S/C15H23FN2O/c1-5-11-9-17-15(2,3)10-18(11)12-6-7-14(19-4)13(16)8-12/h6-8,11,17H,5,9-10H2,1-4H3. The number of halogens is 1. The van der Waals surface area contributed by atoms with Gasteiger partial charge in [-0.25, -0.2) is 4.39 Å². The van der Waals surface area contributed by atoms with E-state index in [4.69, 9.17) is 4.74 Å². The van der Waals surface area contributed by atoms with Crippen LogP contribution in [0.3, 0.4) is 0 Å². The second-order valence-electron chi connectivity index (χ2n) is 5.77. The Morgan fingerprint density at radius 3 is 2.79 bits per heavy atom. The van der Waals surface area contributed by atoms with Gasteiger partial charge in [-0.05, 0) is 32.4 Å². The minimum atomic E-state index is -0.300. The van der Waals surface area contributed by atoms with Crippen molar-refractivity contribution in [1.82, 2.24) is 5.32 Å². The molecule has 1 heterocycles. The molecule has 0 aromatic heterocycles. The molecule has 1 unspecified atom stereocenters. The summed E-state index contributed by atoms with van der Waals surface area (Å²) in [6, 6.07) is 5.61. The predicted octanol–water partition coefficient (Wildman–Crippen LogP) is 2.80. The second kappa shape index (κ2) is 5.37. The lowest BCUT2D eigenvalue weighted by atomic mass is 9.97. The normalized spacial score (nSPS) is 22.4. The average molecular weight is 266 g/mol. The zero-order valence-corrected chi connectivity index (χ0v) is 12.2. The van der Waals surface area contributed by atoms with Gasteiger partial charge in [0.25, 0.3) is 0 Å². The topological polar surface area (TPSA) is 24.5 Å². The number of nitrogens with zero attached hydrogens (tertiary/aromatic N) is 1. The highest BCUT2D eigenvalue weighted by Crippen LogP contribution is 2.28.